The molecule has 11 aromatic carbocycles. The molecule has 0 radical (unpaired) electrons. The number of fused-ring (bicyclic) bond motifs is 7. The van der Waals surface area contributed by atoms with Crippen LogP contribution in [0.15, 0.2) is 223 Å². The molecule has 0 unspecified atom stereocenters. The van der Waals surface area contributed by atoms with Crippen molar-refractivity contribution >= 4 is 54.3 Å². The number of benzene rings is 11. The molecule has 13 rings (SSSR count). The molecule has 1 aliphatic rings. The van der Waals surface area contributed by atoms with Gasteiger partial charge in [0.25, 0.3) is 0 Å². The van der Waals surface area contributed by atoms with Gasteiger partial charge in [0.15, 0.2) is 0 Å². The Bertz CT molecular complexity index is 3580. The molecule has 1 nitrogen and oxygen atoms in total. The largest absolute Gasteiger partial charge is 0.455 e. The SMILES string of the molecule is c1ccc(-c2cc3cc(-c4cc5c(c6oc7ccccc7c46)-c4ccccc4C5(c4ccccc4)c4ccccc4)cc4c(-c5ccccc5)cc5cccc2c5c34)cc1. The first kappa shape index (κ1) is 33.3. The maximum absolute atomic E-state index is 7.15. The molecule has 1 aliphatic carbocycles. The van der Waals surface area contributed by atoms with Crippen LogP contribution in [0.3, 0.4) is 0 Å². The lowest BCUT2D eigenvalue weighted by molar-refractivity contribution is 0.669. The fourth-order valence-electron chi connectivity index (χ4n) is 10.8. The Labute approximate surface area is 347 Å². The molecule has 1 aromatic heterocycles. The van der Waals surface area contributed by atoms with Crippen LogP contribution >= 0.6 is 0 Å². The topological polar surface area (TPSA) is 13.1 Å². The van der Waals surface area contributed by atoms with Gasteiger partial charge in [-0.1, -0.05) is 182 Å². The third-order valence-electron chi connectivity index (χ3n) is 13.2. The van der Waals surface area contributed by atoms with E-state index in [-0.39, 0.29) is 0 Å². The molecule has 1 heteroatoms. The number of hydrogen-bond donors (Lipinski definition) is 0. The molecule has 0 fully saturated rings. The molecule has 278 valence electrons. The van der Waals surface area contributed by atoms with Crippen molar-refractivity contribution in [2.45, 2.75) is 5.41 Å². The van der Waals surface area contributed by atoms with E-state index in [0.29, 0.717) is 0 Å². The monoisotopic (exact) mass is 760 g/mol. The second-order valence-corrected chi connectivity index (χ2v) is 16.3. The maximum atomic E-state index is 7.15. The average Bonchev–Trinajstić information content (AvgIpc) is 3.85. The molecular weight excluding hydrogens is 725 g/mol. The predicted octanol–water partition coefficient (Wildman–Crippen LogP) is 15.8. The van der Waals surface area contributed by atoms with Crippen LogP contribution in [0.4, 0.5) is 0 Å². The van der Waals surface area contributed by atoms with Crippen molar-refractivity contribution in [2.75, 3.05) is 0 Å². The van der Waals surface area contributed by atoms with Crippen molar-refractivity contribution in [2.24, 2.45) is 0 Å². The third-order valence-corrected chi connectivity index (χ3v) is 13.2. The van der Waals surface area contributed by atoms with E-state index >= 15 is 0 Å². The van der Waals surface area contributed by atoms with Gasteiger partial charge in [-0.25, -0.2) is 0 Å². The number of para-hydroxylation sites is 1. The van der Waals surface area contributed by atoms with Gasteiger partial charge in [-0.2, -0.15) is 0 Å². The molecule has 0 amide bonds. The Balaban J connectivity index is 1.22. The standard InChI is InChI=1S/C59H36O/c1-5-18-37(19-6-1)47-35-41-32-40(34-50-48(38-20-7-2-8-21-38)33-39-22-17-29-44(47)54(39)55(41)50)49-36-52-57(58-56(49)46-28-14-16-31-53(46)60-58)45-27-13-15-30-51(45)59(52,42-23-9-3-10-24-42)43-25-11-4-12-26-43/h1-36H. The van der Waals surface area contributed by atoms with Gasteiger partial charge in [0, 0.05) is 16.3 Å². The molecule has 60 heavy (non-hydrogen) atoms. The zero-order valence-electron chi connectivity index (χ0n) is 32.7. The average molecular weight is 761 g/mol. The Hall–Kier alpha value is -7.74. The lowest BCUT2D eigenvalue weighted by Gasteiger charge is -2.34. The summed E-state index contributed by atoms with van der Waals surface area (Å²) in [6.45, 7) is 0. The summed E-state index contributed by atoms with van der Waals surface area (Å²) in [5.74, 6) is 0. The first-order chi connectivity index (χ1) is 29.8. The van der Waals surface area contributed by atoms with E-state index < -0.39 is 5.41 Å². The number of hydrogen-bond acceptors (Lipinski definition) is 1. The molecular formula is C59H36O. The molecule has 0 atom stereocenters. The molecule has 1 heterocycles. The summed E-state index contributed by atoms with van der Waals surface area (Å²) in [4.78, 5) is 0. The van der Waals surface area contributed by atoms with E-state index in [1.165, 1.54) is 99.1 Å². The maximum Gasteiger partial charge on any atom is 0.144 e. The zero-order chi connectivity index (χ0) is 39.4. The van der Waals surface area contributed by atoms with Crippen LogP contribution in [0.1, 0.15) is 22.3 Å². The van der Waals surface area contributed by atoms with Gasteiger partial charge < -0.3 is 4.42 Å². The van der Waals surface area contributed by atoms with Crippen LogP contribution in [0, 0.1) is 0 Å². The summed E-state index contributed by atoms with van der Waals surface area (Å²) in [6, 6.07) is 80.5. The van der Waals surface area contributed by atoms with Crippen molar-refractivity contribution in [1.29, 1.82) is 0 Å². The van der Waals surface area contributed by atoms with Crippen LogP contribution in [-0.2, 0) is 5.41 Å². The van der Waals surface area contributed by atoms with Crippen molar-refractivity contribution in [3.05, 3.63) is 241 Å². The number of furan rings is 1. The second-order valence-electron chi connectivity index (χ2n) is 16.3. The quantitative estimate of drug-likeness (QED) is 0.159. The van der Waals surface area contributed by atoms with Gasteiger partial charge in [0.2, 0.25) is 0 Å². The van der Waals surface area contributed by atoms with Crippen molar-refractivity contribution in [1.82, 2.24) is 0 Å². The molecule has 0 spiro atoms. The van der Waals surface area contributed by atoms with Gasteiger partial charge in [0.1, 0.15) is 11.2 Å². The summed E-state index contributed by atoms with van der Waals surface area (Å²) < 4.78 is 7.15. The van der Waals surface area contributed by atoms with Crippen LogP contribution in [0.25, 0.3) is 98.8 Å². The highest BCUT2D eigenvalue weighted by molar-refractivity contribution is 6.30. The van der Waals surface area contributed by atoms with Crippen LogP contribution in [0.2, 0.25) is 0 Å². The van der Waals surface area contributed by atoms with Gasteiger partial charge in [0.05, 0.1) is 5.41 Å². The van der Waals surface area contributed by atoms with E-state index in [2.05, 4.69) is 218 Å². The van der Waals surface area contributed by atoms with Crippen molar-refractivity contribution < 1.29 is 4.42 Å². The second kappa shape index (κ2) is 12.6. The van der Waals surface area contributed by atoms with E-state index in [9.17, 15) is 0 Å². The first-order valence-electron chi connectivity index (χ1n) is 20.8. The molecule has 0 bridgehead atoms. The Morgan fingerprint density at radius 1 is 0.317 bits per heavy atom. The number of rotatable bonds is 5. The highest BCUT2D eigenvalue weighted by atomic mass is 16.3. The summed E-state index contributed by atoms with van der Waals surface area (Å²) in [5.41, 5.74) is 15.9. The molecule has 12 aromatic rings. The Kier molecular flexibility index (Phi) is 7.00. The molecule has 0 aliphatic heterocycles. The van der Waals surface area contributed by atoms with Gasteiger partial charge in [-0.05, 0) is 130 Å². The van der Waals surface area contributed by atoms with Crippen LogP contribution in [-0.4, -0.2) is 0 Å². The predicted molar refractivity (Wildman–Crippen MR) is 251 cm³/mol. The third kappa shape index (κ3) is 4.52. The Morgan fingerprint density at radius 3 is 1.60 bits per heavy atom. The normalized spacial score (nSPS) is 13.1. The zero-order valence-corrected chi connectivity index (χ0v) is 32.7. The van der Waals surface area contributed by atoms with Crippen LogP contribution < -0.4 is 0 Å². The molecule has 0 saturated heterocycles. The van der Waals surface area contributed by atoms with E-state index in [0.717, 1.165) is 21.9 Å². The lowest BCUT2D eigenvalue weighted by atomic mass is 9.67. The summed E-state index contributed by atoms with van der Waals surface area (Å²) in [6.07, 6.45) is 0. The minimum Gasteiger partial charge on any atom is -0.455 e. The van der Waals surface area contributed by atoms with Crippen molar-refractivity contribution in [3.63, 3.8) is 0 Å². The minimum absolute atomic E-state index is 0.581. The fraction of sp³-hybridized carbons (Fsp3) is 0.0169. The molecule has 0 N–H and O–H groups in total. The van der Waals surface area contributed by atoms with Crippen molar-refractivity contribution in [3.8, 4) is 44.5 Å². The highest BCUT2D eigenvalue weighted by Gasteiger charge is 2.48. The van der Waals surface area contributed by atoms with Gasteiger partial charge in [-0.3, -0.25) is 0 Å². The van der Waals surface area contributed by atoms with Gasteiger partial charge >= 0.3 is 0 Å². The summed E-state index contributed by atoms with van der Waals surface area (Å²) in [5, 5.41) is 9.89. The highest BCUT2D eigenvalue weighted by Crippen LogP contribution is 2.60. The smallest absolute Gasteiger partial charge is 0.144 e. The van der Waals surface area contributed by atoms with E-state index in [4.69, 9.17) is 4.42 Å². The van der Waals surface area contributed by atoms with Crippen LogP contribution in [0.5, 0.6) is 0 Å². The fourth-order valence-corrected chi connectivity index (χ4v) is 10.8. The first-order valence-corrected chi connectivity index (χ1v) is 20.8. The van der Waals surface area contributed by atoms with E-state index in [1.54, 1.807) is 0 Å². The lowest BCUT2D eigenvalue weighted by Crippen LogP contribution is -2.28. The molecule has 0 saturated carbocycles. The summed E-state index contributed by atoms with van der Waals surface area (Å²) >= 11 is 0. The van der Waals surface area contributed by atoms with E-state index in [1.807, 2.05) is 0 Å². The minimum atomic E-state index is -0.581. The van der Waals surface area contributed by atoms with Gasteiger partial charge in [-0.15, -0.1) is 0 Å². The Morgan fingerprint density at radius 2 is 0.883 bits per heavy atom. The summed E-state index contributed by atoms with van der Waals surface area (Å²) in [7, 11) is 0.